The number of carbonyl (C=O) groups is 1. The largest absolute Gasteiger partial charge is 0.476 e. The minimum atomic E-state index is -2.99. The minimum absolute atomic E-state index is 0.0566. The van der Waals surface area contributed by atoms with Crippen LogP contribution in [0.25, 0.3) is 0 Å². The van der Waals surface area contributed by atoms with E-state index < -0.39 is 29.9 Å². The lowest BCUT2D eigenvalue weighted by Gasteiger charge is -2.40. The van der Waals surface area contributed by atoms with Crippen LogP contribution in [0.4, 0.5) is 14.6 Å². The van der Waals surface area contributed by atoms with Crippen LogP contribution in [-0.2, 0) is 4.79 Å². The van der Waals surface area contributed by atoms with Crippen molar-refractivity contribution in [3.63, 3.8) is 0 Å². The van der Waals surface area contributed by atoms with Crippen LogP contribution in [-0.4, -0.2) is 62.6 Å². The van der Waals surface area contributed by atoms with E-state index in [9.17, 15) is 18.4 Å². The van der Waals surface area contributed by atoms with Crippen molar-refractivity contribution in [3.8, 4) is 5.88 Å². The van der Waals surface area contributed by atoms with E-state index in [1.807, 2.05) is 0 Å². The number of H-pyrrole nitrogens is 1. The molecule has 11 heteroatoms. The van der Waals surface area contributed by atoms with Crippen LogP contribution in [0.5, 0.6) is 5.88 Å². The molecule has 0 radical (unpaired) electrons. The van der Waals surface area contributed by atoms with E-state index in [1.165, 1.54) is 19.0 Å². The van der Waals surface area contributed by atoms with Crippen molar-refractivity contribution in [2.75, 3.05) is 25.0 Å². The number of anilines is 1. The second-order valence-corrected chi connectivity index (χ2v) is 8.07. The first-order valence-electron chi connectivity index (χ1n) is 10.3. The van der Waals surface area contributed by atoms with Gasteiger partial charge in [-0.25, -0.2) is 8.78 Å². The molecule has 2 aliphatic rings. The van der Waals surface area contributed by atoms with Gasteiger partial charge in [0.1, 0.15) is 0 Å². The van der Waals surface area contributed by atoms with Crippen LogP contribution in [0.15, 0.2) is 29.3 Å². The lowest BCUT2D eigenvalue weighted by molar-refractivity contribution is -0.125. The van der Waals surface area contributed by atoms with E-state index >= 15 is 0 Å². The Balaban J connectivity index is 1.37. The zero-order valence-electron chi connectivity index (χ0n) is 17.1. The van der Waals surface area contributed by atoms with Crippen molar-refractivity contribution >= 4 is 11.7 Å². The number of carbonyl (C=O) groups excluding carboxylic acids is 1. The predicted octanol–water partition coefficient (Wildman–Crippen LogP) is 1.80. The molecule has 4 rings (SSSR count). The number of piperidine rings is 1. The summed E-state index contributed by atoms with van der Waals surface area (Å²) in [6, 6.07) is 2.56. The Morgan fingerprint density at radius 1 is 1.39 bits per heavy atom. The Bertz CT molecular complexity index is 959. The fourth-order valence-electron chi connectivity index (χ4n) is 3.48. The number of alkyl halides is 2. The van der Waals surface area contributed by atoms with Gasteiger partial charge in [0.2, 0.25) is 11.8 Å². The molecular formula is C20H24F2N6O3. The molecule has 1 saturated carbocycles. The zero-order valence-corrected chi connectivity index (χ0v) is 17.1. The summed E-state index contributed by atoms with van der Waals surface area (Å²) < 4.78 is 34.5. The maximum Gasteiger partial charge on any atom is 0.266 e. The normalized spacial score (nSPS) is 22.0. The number of ether oxygens (including phenoxy) is 1. The Morgan fingerprint density at radius 3 is 2.84 bits per heavy atom. The minimum Gasteiger partial charge on any atom is -0.476 e. The van der Waals surface area contributed by atoms with Crippen molar-refractivity contribution in [2.24, 2.45) is 5.92 Å². The lowest BCUT2D eigenvalue weighted by Crippen LogP contribution is -2.52. The second-order valence-electron chi connectivity index (χ2n) is 8.07. The van der Waals surface area contributed by atoms with Gasteiger partial charge in [0.25, 0.3) is 11.5 Å². The van der Waals surface area contributed by atoms with Gasteiger partial charge in [0.05, 0.1) is 30.5 Å². The Morgan fingerprint density at radius 2 is 2.19 bits per heavy atom. The molecule has 2 fully saturated rings. The van der Waals surface area contributed by atoms with Gasteiger partial charge in [-0.2, -0.15) is 0 Å². The molecule has 2 atom stereocenters. The van der Waals surface area contributed by atoms with Gasteiger partial charge in [-0.1, -0.05) is 0 Å². The van der Waals surface area contributed by atoms with Gasteiger partial charge in [-0.3, -0.25) is 19.5 Å². The first kappa shape index (κ1) is 21.3. The highest BCUT2D eigenvalue weighted by atomic mass is 19.3. The smallest absolute Gasteiger partial charge is 0.266 e. The molecule has 0 spiro atoms. The Labute approximate surface area is 177 Å². The number of aromatic amines is 1. The highest BCUT2D eigenvalue weighted by Crippen LogP contribution is 2.39. The molecule has 31 heavy (non-hydrogen) atoms. The van der Waals surface area contributed by atoms with E-state index in [1.54, 1.807) is 24.0 Å². The van der Waals surface area contributed by atoms with Gasteiger partial charge in [0.15, 0.2) is 5.82 Å². The molecule has 2 unspecified atom stereocenters. The third-order valence-electron chi connectivity index (χ3n) is 5.69. The SMILES string of the molecule is CC(C(=O)Nc1ccc(OCC2CC2)nn1)N1CCC(F)(F)C(c2c[nH]c(=O)cn2)C1. The molecule has 3 heterocycles. The number of amides is 1. The number of rotatable bonds is 7. The molecule has 0 aromatic carbocycles. The van der Waals surface area contributed by atoms with Crippen LogP contribution in [0, 0.1) is 5.92 Å². The molecule has 1 aliphatic heterocycles. The maximum absolute atomic E-state index is 14.5. The van der Waals surface area contributed by atoms with Crippen molar-refractivity contribution < 1.29 is 18.3 Å². The van der Waals surface area contributed by atoms with Gasteiger partial charge in [-0.15, -0.1) is 10.2 Å². The third-order valence-corrected chi connectivity index (χ3v) is 5.69. The molecule has 1 aliphatic carbocycles. The number of hydrogen-bond acceptors (Lipinski definition) is 7. The first-order valence-corrected chi connectivity index (χ1v) is 10.3. The van der Waals surface area contributed by atoms with Crippen molar-refractivity contribution in [1.29, 1.82) is 0 Å². The van der Waals surface area contributed by atoms with E-state index in [0.717, 1.165) is 6.20 Å². The highest BCUT2D eigenvalue weighted by molar-refractivity contribution is 5.93. The van der Waals surface area contributed by atoms with Gasteiger partial charge in [0, 0.05) is 31.8 Å². The summed E-state index contributed by atoms with van der Waals surface area (Å²) in [5, 5.41) is 10.6. The summed E-state index contributed by atoms with van der Waals surface area (Å²) in [5.74, 6) is -3.34. The monoisotopic (exact) mass is 434 g/mol. The standard InChI is InChI=1S/C20H24F2N6O3/c1-12(19(30)25-16-4-5-18(27-26-16)31-11-13-2-3-13)28-7-6-20(21,22)14(10-28)15-8-24-17(29)9-23-15/h4-5,8-9,12-14H,2-3,6-7,10-11H2,1H3,(H,24,29)(H,25,26,30). The van der Waals surface area contributed by atoms with E-state index in [4.69, 9.17) is 4.74 Å². The summed E-state index contributed by atoms with van der Waals surface area (Å²) in [7, 11) is 0. The van der Waals surface area contributed by atoms with Crippen LogP contribution in [0.2, 0.25) is 0 Å². The average molecular weight is 434 g/mol. The number of halogens is 2. The number of nitrogens with zero attached hydrogens (tertiary/aromatic N) is 4. The van der Waals surface area contributed by atoms with Crippen LogP contribution < -0.4 is 15.6 Å². The molecule has 2 aromatic rings. The molecule has 1 amide bonds. The van der Waals surface area contributed by atoms with Crippen molar-refractivity contribution in [3.05, 3.63) is 40.6 Å². The number of likely N-dealkylation sites (tertiary alicyclic amines) is 1. The summed E-state index contributed by atoms with van der Waals surface area (Å²) >= 11 is 0. The number of nitrogens with one attached hydrogen (secondary N) is 2. The van der Waals surface area contributed by atoms with Crippen LogP contribution in [0.3, 0.4) is 0 Å². The Hall–Kier alpha value is -2.95. The molecule has 0 bridgehead atoms. The summed E-state index contributed by atoms with van der Waals surface area (Å²) in [6.45, 7) is 2.25. The van der Waals surface area contributed by atoms with E-state index in [-0.39, 0.29) is 30.5 Å². The van der Waals surface area contributed by atoms with Gasteiger partial charge in [-0.05, 0) is 31.7 Å². The highest BCUT2D eigenvalue weighted by Gasteiger charge is 2.47. The fourth-order valence-corrected chi connectivity index (χ4v) is 3.48. The summed E-state index contributed by atoms with van der Waals surface area (Å²) in [5.41, 5.74) is -0.368. The zero-order chi connectivity index (χ0) is 22.0. The quantitative estimate of drug-likeness (QED) is 0.683. The molecule has 9 nitrogen and oxygen atoms in total. The average Bonchev–Trinajstić information content (AvgIpc) is 3.58. The molecule has 2 aromatic heterocycles. The van der Waals surface area contributed by atoms with Gasteiger partial charge >= 0.3 is 0 Å². The lowest BCUT2D eigenvalue weighted by atomic mass is 9.90. The molecular weight excluding hydrogens is 410 g/mol. The Kier molecular flexibility index (Phi) is 5.94. The molecule has 2 N–H and O–H groups in total. The van der Waals surface area contributed by atoms with E-state index in [0.29, 0.717) is 18.4 Å². The van der Waals surface area contributed by atoms with Gasteiger partial charge < -0.3 is 15.0 Å². The third kappa shape index (κ3) is 5.22. The molecule has 1 saturated heterocycles. The first-order chi connectivity index (χ1) is 14.8. The predicted molar refractivity (Wildman–Crippen MR) is 107 cm³/mol. The fraction of sp³-hybridized carbons (Fsp3) is 0.550. The van der Waals surface area contributed by atoms with Crippen molar-refractivity contribution in [2.45, 2.75) is 44.1 Å². The second kappa shape index (κ2) is 8.66. The van der Waals surface area contributed by atoms with E-state index in [2.05, 4.69) is 25.5 Å². The molecule has 166 valence electrons. The number of aromatic nitrogens is 4. The summed E-state index contributed by atoms with van der Waals surface area (Å²) in [6.07, 6.45) is 4.11. The number of hydrogen-bond donors (Lipinski definition) is 2. The van der Waals surface area contributed by atoms with Crippen LogP contribution in [0.1, 0.15) is 37.8 Å². The maximum atomic E-state index is 14.5. The van der Waals surface area contributed by atoms with Crippen LogP contribution >= 0.6 is 0 Å². The topological polar surface area (TPSA) is 113 Å². The summed E-state index contributed by atoms with van der Waals surface area (Å²) in [4.78, 5) is 31.8. The van der Waals surface area contributed by atoms with Crippen molar-refractivity contribution in [1.82, 2.24) is 25.1 Å².